The molecule has 0 aliphatic carbocycles. The lowest BCUT2D eigenvalue weighted by Gasteiger charge is -2.28. The summed E-state index contributed by atoms with van der Waals surface area (Å²) in [5.41, 5.74) is 1.39. The number of benzene rings is 1. The van der Waals surface area contributed by atoms with Gasteiger partial charge in [-0.15, -0.1) is 0 Å². The summed E-state index contributed by atoms with van der Waals surface area (Å²) in [6.45, 7) is 7.12. The van der Waals surface area contributed by atoms with Crippen LogP contribution in [0.2, 0.25) is 0 Å². The third kappa shape index (κ3) is 4.80. The van der Waals surface area contributed by atoms with Crippen LogP contribution in [0.1, 0.15) is 37.8 Å². The molecule has 0 spiro atoms. The van der Waals surface area contributed by atoms with Gasteiger partial charge in [-0.25, -0.2) is 0 Å². The van der Waals surface area contributed by atoms with Crippen LogP contribution < -0.4 is 5.32 Å². The molecule has 1 aromatic rings. The number of likely N-dealkylation sites (tertiary alicyclic amines) is 1. The van der Waals surface area contributed by atoms with E-state index in [0.29, 0.717) is 6.04 Å². The average Bonchev–Trinajstić information content (AvgIpc) is 2.96. The van der Waals surface area contributed by atoms with E-state index in [9.17, 15) is 0 Å². The van der Waals surface area contributed by atoms with Crippen LogP contribution in [-0.2, 0) is 0 Å². The van der Waals surface area contributed by atoms with Crippen molar-refractivity contribution in [3.8, 4) is 0 Å². The van der Waals surface area contributed by atoms with Crippen LogP contribution in [0.15, 0.2) is 30.3 Å². The van der Waals surface area contributed by atoms with Crippen LogP contribution in [0, 0.1) is 0 Å². The van der Waals surface area contributed by atoms with Gasteiger partial charge in [-0.3, -0.25) is 4.90 Å². The van der Waals surface area contributed by atoms with E-state index < -0.39 is 0 Å². The summed E-state index contributed by atoms with van der Waals surface area (Å²) < 4.78 is 0. The highest BCUT2D eigenvalue weighted by Gasteiger charge is 2.24. The molecule has 1 aliphatic rings. The molecule has 0 amide bonds. The summed E-state index contributed by atoms with van der Waals surface area (Å²) in [5.74, 6) is 0. The van der Waals surface area contributed by atoms with Crippen molar-refractivity contribution in [3.63, 3.8) is 0 Å². The zero-order chi connectivity index (χ0) is 15.1. The van der Waals surface area contributed by atoms with Crippen LogP contribution in [0.3, 0.4) is 0 Å². The first-order valence-corrected chi connectivity index (χ1v) is 8.39. The van der Waals surface area contributed by atoms with Gasteiger partial charge in [-0.1, -0.05) is 37.3 Å². The Morgan fingerprint density at radius 1 is 1.33 bits per heavy atom. The van der Waals surface area contributed by atoms with Gasteiger partial charge in [0.2, 0.25) is 0 Å². The highest BCUT2D eigenvalue weighted by atomic mass is 15.2. The van der Waals surface area contributed by atoms with E-state index in [2.05, 4.69) is 66.5 Å². The number of nitrogens with zero attached hydrogens (tertiary/aromatic N) is 2. The van der Waals surface area contributed by atoms with Gasteiger partial charge < -0.3 is 10.2 Å². The van der Waals surface area contributed by atoms with E-state index in [1.807, 2.05) is 0 Å². The third-order valence-electron chi connectivity index (χ3n) is 4.78. The molecule has 2 atom stereocenters. The standard InChI is InChI=1S/C18H31N3/c1-4-21-13-8-11-17(21)15-20(3)14-12-18(19-2)16-9-6-5-7-10-16/h5-7,9-10,17-19H,4,8,11-15H2,1-3H3. The predicted molar refractivity (Wildman–Crippen MR) is 90.6 cm³/mol. The van der Waals surface area contributed by atoms with Crippen molar-refractivity contribution in [2.24, 2.45) is 0 Å². The van der Waals surface area contributed by atoms with E-state index in [0.717, 1.165) is 19.0 Å². The molecule has 1 N–H and O–H groups in total. The number of nitrogens with one attached hydrogen (secondary N) is 1. The third-order valence-corrected chi connectivity index (χ3v) is 4.78. The highest BCUT2D eigenvalue weighted by Crippen LogP contribution is 2.19. The molecule has 0 aromatic heterocycles. The van der Waals surface area contributed by atoms with Gasteiger partial charge in [-0.05, 0) is 58.6 Å². The van der Waals surface area contributed by atoms with Gasteiger partial charge in [0, 0.05) is 18.6 Å². The fourth-order valence-corrected chi connectivity index (χ4v) is 3.48. The molecule has 1 aromatic carbocycles. The second-order valence-corrected chi connectivity index (χ2v) is 6.23. The molecule has 1 heterocycles. The fraction of sp³-hybridized carbons (Fsp3) is 0.667. The van der Waals surface area contributed by atoms with Gasteiger partial charge in [0.25, 0.3) is 0 Å². The van der Waals surface area contributed by atoms with Gasteiger partial charge in [0.05, 0.1) is 0 Å². The van der Waals surface area contributed by atoms with Gasteiger partial charge >= 0.3 is 0 Å². The van der Waals surface area contributed by atoms with Crippen molar-refractivity contribution in [2.75, 3.05) is 40.3 Å². The molecular formula is C18H31N3. The summed E-state index contributed by atoms with van der Waals surface area (Å²) in [7, 11) is 4.33. The number of hydrogen-bond acceptors (Lipinski definition) is 3. The maximum absolute atomic E-state index is 3.45. The highest BCUT2D eigenvalue weighted by molar-refractivity contribution is 5.18. The van der Waals surface area contributed by atoms with Crippen molar-refractivity contribution < 1.29 is 0 Å². The topological polar surface area (TPSA) is 18.5 Å². The maximum atomic E-state index is 3.45. The predicted octanol–water partition coefficient (Wildman–Crippen LogP) is 2.75. The van der Waals surface area contributed by atoms with Crippen LogP contribution >= 0.6 is 0 Å². The van der Waals surface area contributed by atoms with E-state index >= 15 is 0 Å². The fourth-order valence-electron chi connectivity index (χ4n) is 3.48. The molecule has 2 unspecified atom stereocenters. The minimum absolute atomic E-state index is 0.458. The van der Waals surface area contributed by atoms with Crippen LogP contribution in [0.25, 0.3) is 0 Å². The molecule has 1 aliphatic heterocycles. The number of likely N-dealkylation sites (N-methyl/N-ethyl adjacent to an activating group) is 2. The van der Waals surface area contributed by atoms with Crippen molar-refractivity contribution in [2.45, 2.75) is 38.3 Å². The Labute approximate surface area is 130 Å². The molecule has 0 radical (unpaired) electrons. The second kappa shape index (κ2) is 8.52. The molecule has 3 nitrogen and oxygen atoms in total. The monoisotopic (exact) mass is 289 g/mol. The lowest BCUT2D eigenvalue weighted by molar-refractivity contribution is 0.194. The zero-order valence-corrected chi connectivity index (χ0v) is 13.9. The van der Waals surface area contributed by atoms with Crippen LogP contribution in [0.4, 0.5) is 0 Å². The Morgan fingerprint density at radius 2 is 2.10 bits per heavy atom. The van der Waals surface area contributed by atoms with Crippen molar-refractivity contribution in [3.05, 3.63) is 35.9 Å². The maximum Gasteiger partial charge on any atom is 0.0329 e. The van der Waals surface area contributed by atoms with Gasteiger partial charge in [-0.2, -0.15) is 0 Å². The lowest BCUT2D eigenvalue weighted by atomic mass is 10.0. The molecule has 0 bridgehead atoms. The SMILES string of the molecule is CCN1CCCC1CN(C)CCC(NC)c1ccccc1. The average molecular weight is 289 g/mol. The number of hydrogen-bond donors (Lipinski definition) is 1. The first-order valence-electron chi connectivity index (χ1n) is 8.39. The largest absolute Gasteiger partial charge is 0.313 e. The Bertz CT molecular complexity index is 393. The Morgan fingerprint density at radius 3 is 2.76 bits per heavy atom. The Hall–Kier alpha value is -0.900. The molecule has 3 heteroatoms. The first-order chi connectivity index (χ1) is 10.2. The summed E-state index contributed by atoms with van der Waals surface area (Å²) in [4.78, 5) is 5.13. The second-order valence-electron chi connectivity index (χ2n) is 6.23. The van der Waals surface area contributed by atoms with E-state index in [1.165, 1.54) is 38.0 Å². The Kier molecular flexibility index (Phi) is 6.68. The number of rotatable bonds is 8. The van der Waals surface area contributed by atoms with E-state index in [1.54, 1.807) is 0 Å². The minimum atomic E-state index is 0.458. The summed E-state index contributed by atoms with van der Waals surface area (Å²) in [5, 5.41) is 3.45. The van der Waals surface area contributed by atoms with Crippen molar-refractivity contribution in [1.82, 2.24) is 15.1 Å². The van der Waals surface area contributed by atoms with Crippen LogP contribution in [-0.4, -0.2) is 56.1 Å². The molecule has 0 saturated carbocycles. The molecule has 1 fully saturated rings. The lowest BCUT2D eigenvalue weighted by Crippen LogP contribution is -2.39. The van der Waals surface area contributed by atoms with Gasteiger partial charge in [0.1, 0.15) is 0 Å². The molecule has 118 valence electrons. The van der Waals surface area contributed by atoms with E-state index in [4.69, 9.17) is 0 Å². The zero-order valence-electron chi connectivity index (χ0n) is 13.9. The molecular weight excluding hydrogens is 258 g/mol. The quantitative estimate of drug-likeness (QED) is 0.794. The molecule has 1 saturated heterocycles. The summed E-state index contributed by atoms with van der Waals surface area (Å²) in [6.07, 6.45) is 3.90. The van der Waals surface area contributed by atoms with Crippen molar-refractivity contribution in [1.29, 1.82) is 0 Å². The summed E-state index contributed by atoms with van der Waals surface area (Å²) in [6, 6.07) is 12.0. The Balaban J connectivity index is 1.78. The smallest absolute Gasteiger partial charge is 0.0329 e. The van der Waals surface area contributed by atoms with Crippen molar-refractivity contribution >= 4 is 0 Å². The van der Waals surface area contributed by atoms with Gasteiger partial charge in [0.15, 0.2) is 0 Å². The summed E-state index contributed by atoms with van der Waals surface area (Å²) >= 11 is 0. The first kappa shape index (κ1) is 16.5. The molecule has 2 rings (SSSR count). The minimum Gasteiger partial charge on any atom is -0.313 e. The molecule has 21 heavy (non-hydrogen) atoms. The van der Waals surface area contributed by atoms with E-state index in [-0.39, 0.29) is 0 Å². The normalized spacial score (nSPS) is 21.0. The van der Waals surface area contributed by atoms with Crippen LogP contribution in [0.5, 0.6) is 0 Å².